The minimum atomic E-state index is -0.590. The van der Waals surface area contributed by atoms with Gasteiger partial charge in [0.15, 0.2) is 0 Å². The summed E-state index contributed by atoms with van der Waals surface area (Å²) in [4.78, 5) is 23.8. The van der Waals surface area contributed by atoms with E-state index >= 15 is 0 Å². The Balaban J connectivity index is 2.91. The molecule has 0 fully saturated rings. The number of esters is 2. The SMILES string of the molecule is CC(C)(C)OC(=O)c1[c]ccc(C(=O)OC(C)(C)C)c1. The zero-order valence-electron chi connectivity index (χ0n) is 12.9. The van der Waals surface area contributed by atoms with Crippen LogP contribution in [0.2, 0.25) is 0 Å². The fourth-order valence-electron chi connectivity index (χ4n) is 1.38. The van der Waals surface area contributed by atoms with Crippen molar-refractivity contribution in [2.24, 2.45) is 0 Å². The lowest BCUT2D eigenvalue weighted by molar-refractivity contribution is 0.00675. The molecule has 0 aromatic heterocycles. The van der Waals surface area contributed by atoms with E-state index in [1.165, 1.54) is 12.1 Å². The lowest BCUT2D eigenvalue weighted by Crippen LogP contribution is -2.25. The molecule has 0 unspecified atom stereocenters. The fourth-order valence-corrected chi connectivity index (χ4v) is 1.38. The maximum Gasteiger partial charge on any atom is 0.339 e. The first-order valence-corrected chi connectivity index (χ1v) is 6.46. The number of hydrogen-bond donors (Lipinski definition) is 0. The van der Waals surface area contributed by atoms with Gasteiger partial charge in [0.1, 0.15) is 11.2 Å². The second-order valence-corrected chi connectivity index (χ2v) is 6.49. The van der Waals surface area contributed by atoms with E-state index in [2.05, 4.69) is 6.07 Å². The van der Waals surface area contributed by atoms with Crippen molar-refractivity contribution < 1.29 is 19.1 Å². The van der Waals surface area contributed by atoms with E-state index in [-0.39, 0.29) is 5.56 Å². The first-order valence-electron chi connectivity index (χ1n) is 6.46. The molecule has 0 atom stereocenters. The molecule has 4 nitrogen and oxygen atoms in total. The lowest BCUT2D eigenvalue weighted by atomic mass is 10.1. The summed E-state index contributed by atoms with van der Waals surface area (Å²) < 4.78 is 10.5. The van der Waals surface area contributed by atoms with Gasteiger partial charge in [-0.3, -0.25) is 0 Å². The van der Waals surface area contributed by atoms with Gasteiger partial charge in [0, 0.05) is 0 Å². The topological polar surface area (TPSA) is 52.6 Å². The Kier molecular flexibility index (Phi) is 4.58. The Labute approximate surface area is 120 Å². The molecular weight excluding hydrogens is 256 g/mol. The maximum atomic E-state index is 11.9. The van der Waals surface area contributed by atoms with Crippen LogP contribution in [0.4, 0.5) is 0 Å². The van der Waals surface area contributed by atoms with Crippen LogP contribution in [0.1, 0.15) is 62.3 Å². The minimum Gasteiger partial charge on any atom is -0.456 e. The summed E-state index contributed by atoms with van der Waals surface area (Å²) in [5.74, 6) is -0.987. The van der Waals surface area contributed by atoms with E-state index in [0.29, 0.717) is 5.56 Å². The summed E-state index contributed by atoms with van der Waals surface area (Å²) in [7, 11) is 0. The molecule has 0 heterocycles. The molecule has 1 radical (unpaired) electrons. The Morgan fingerprint density at radius 2 is 1.45 bits per heavy atom. The third-order valence-electron chi connectivity index (χ3n) is 2.05. The Bertz CT molecular complexity index is 461. The van der Waals surface area contributed by atoms with Gasteiger partial charge in [-0.15, -0.1) is 0 Å². The van der Waals surface area contributed by atoms with Crippen LogP contribution in [-0.4, -0.2) is 23.1 Å². The first kappa shape index (κ1) is 16.2. The van der Waals surface area contributed by atoms with E-state index in [1.54, 1.807) is 47.6 Å². The summed E-state index contributed by atoms with van der Waals surface area (Å²) in [6, 6.07) is 7.27. The molecule has 109 valence electrons. The Morgan fingerprint density at radius 3 is 1.95 bits per heavy atom. The standard InChI is InChI=1S/C16H21O4/c1-15(2,3)19-13(17)11-8-7-9-12(10-11)14(18)20-16(4,5)6/h7-8,10H,1-6H3. The van der Waals surface area contributed by atoms with Crippen molar-refractivity contribution >= 4 is 11.9 Å². The van der Waals surface area contributed by atoms with Crippen molar-refractivity contribution in [2.45, 2.75) is 52.7 Å². The maximum absolute atomic E-state index is 11.9. The van der Waals surface area contributed by atoms with Gasteiger partial charge < -0.3 is 9.47 Å². The smallest absolute Gasteiger partial charge is 0.339 e. The number of benzene rings is 1. The van der Waals surface area contributed by atoms with Gasteiger partial charge in [0.05, 0.1) is 11.1 Å². The molecule has 20 heavy (non-hydrogen) atoms. The lowest BCUT2D eigenvalue weighted by Gasteiger charge is -2.20. The molecular formula is C16H21O4. The molecule has 0 N–H and O–H groups in total. The molecule has 0 aliphatic heterocycles. The number of ether oxygens (including phenoxy) is 2. The van der Waals surface area contributed by atoms with E-state index in [0.717, 1.165) is 0 Å². The van der Waals surface area contributed by atoms with Crippen LogP contribution in [-0.2, 0) is 9.47 Å². The Morgan fingerprint density at radius 1 is 0.950 bits per heavy atom. The van der Waals surface area contributed by atoms with Gasteiger partial charge in [-0.25, -0.2) is 9.59 Å². The molecule has 0 aliphatic carbocycles. The van der Waals surface area contributed by atoms with Crippen LogP contribution >= 0.6 is 0 Å². The molecule has 0 saturated heterocycles. The van der Waals surface area contributed by atoms with Gasteiger partial charge in [0.2, 0.25) is 0 Å². The van der Waals surface area contributed by atoms with Crippen molar-refractivity contribution in [3.05, 3.63) is 35.4 Å². The van der Waals surface area contributed by atoms with Gasteiger partial charge in [-0.05, 0) is 59.7 Å². The molecule has 0 bridgehead atoms. The molecule has 1 rings (SSSR count). The second-order valence-electron chi connectivity index (χ2n) is 6.49. The van der Waals surface area contributed by atoms with Crippen molar-refractivity contribution in [3.8, 4) is 0 Å². The molecule has 4 heteroatoms. The zero-order chi connectivity index (χ0) is 15.6. The predicted octanol–water partition coefficient (Wildman–Crippen LogP) is 3.40. The molecule has 1 aromatic rings. The number of rotatable bonds is 2. The third kappa shape index (κ3) is 5.43. The van der Waals surface area contributed by atoms with Gasteiger partial charge in [-0.2, -0.15) is 0 Å². The second kappa shape index (κ2) is 5.65. The predicted molar refractivity (Wildman–Crippen MR) is 75.6 cm³/mol. The van der Waals surface area contributed by atoms with E-state index in [9.17, 15) is 9.59 Å². The van der Waals surface area contributed by atoms with Crippen molar-refractivity contribution in [1.29, 1.82) is 0 Å². The first-order chi connectivity index (χ1) is 8.98. The highest BCUT2D eigenvalue weighted by molar-refractivity contribution is 5.95. The van der Waals surface area contributed by atoms with E-state index in [4.69, 9.17) is 9.47 Å². The zero-order valence-corrected chi connectivity index (χ0v) is 12.9. The van der Waals surface area contributed by atoms with Gasteiger partial charge >= 0.3 is 11.9 Å². The number of carbonyl (C=O) groups is 2. The summed E-state index contributed by atoms with van der Waals surface area (Å²) >= 11 is 0. The average Bonchev–Trinajstić information content (AvgIpc) is 2.24. The van der Waals surface area contributed by atoms with Gasteiger partial charge in [-0.1, -0.05) is 6.07 Å². The minimum absolute atomic E-state index is 0.211. The summed E-state index contributed by atoms with van der Waals surface area (Å²) in [6.07, 6.45) is 0. The van der Waals surface area contributed by atoms with Crippen molar-refractivity contribution in [1.82, 2.24) is 0 Å². The number of carbonyl (C=O) groups excluding carboxylic acids is 2. The van der Waals surface area contributed by atoms with Crippen molar-refractivity contribution in [2.75, 3.05) is 0 Å². The van der Waals surface area contributed by atoms with Crippen molar-refractivity contribution in [3.63, 3.8) is 0 Å². The molecule has 0 saturated carbocycles. The highest BCUT2D eigenvalue weighted by atomic mass is 16.6. The highest BCUT2D eigenvalue weighted by Gasteiger charge is 2.21. The Hall–Kier alpha value is -1.84. The van der Waals surface area contributed by atoms with Crippen LogP contribution in [0, 0.1) is 6.07 Å². The van der Waals surface area contributed by atoms with Crippen LogP contribution in [0.5, 0.6) is 0 Å². The van der Waals surface area contributed by atoms with E-state index in [1.807, 2.05) is 0 Å². The van der Waals surface area contributed by atoms with E-state index < -0.39 is 23.1 Å². The monoisotopic (exact) mass is 277 g/mol. The normalized spacial score (nSPS) is 11.9. The molecule has 0 aliphatic rings. The number of hydrogen-bond acceptors (Lipinski definition) is 4. The van der Waals surface area contributed by atoms with Crippen LogP contribution in [0.15, 0.2) is 18.2 Å². The molecule has 0 amide bonds. The largest absolute Gasteiger partial charge is 0.456 e. The van der Waals surface area contributed by atoms with Crippen LogP contribution < -0.4 is 0 Å². The third-order valence-corrected chi connectivity index (χ3v) is 2.05. The molecule has 0 spiro atoms. The summed E-state index contributed by atoms with van der Waals surface area (Å²) in [6.45, 7) is 10.7. The summed E-state index contributed by atoms with van der Waals surface area (Å²) in [5, 5.41) is 0. The van der Waals surface area contributed by atoms with Crippen LogP contribution in [0.3, 0.4) is 0 Å². The average molecular weight is 277 g/mol. The highest BCUT2D eigenvalue weighted by Crippen LogP contribution is 2.16. The quantitative estimate of drug-likeness (QED) is 0.777. The fraction of sp³-hybridized carbons (Fsp3) is 0.500. The molecule has 1 aromatic carbocycles. The van der Waals surface area contributed by atoms with Crippen LogP contribution in [0.25, 0.3) is 0 Å². The van der Waals surface area contributed by atoms with Gasteiger partial charge in [0.25, 0.3) is 0 Å². The summed E-state index contributed by atoms with van der Waals surface area (Å²) in [5.41, 5.74) is -0.655.